The van der Waals surface area contributed by atoms with Gasteiger partial charge in [0, 0.05) is 19.2 Å². The van der Waals surface area contributed by atoms with Crippen LogP contribution in [0.15, 0.2) is 22.7 Å². The maximum Gasteiger partial charge on any atom is 0.251 e. The zero-order valence-corrected chi connectivity index (χ0v) is 12.4. The molecule has 1 aliphatic rings. The van der Waals surface area contributed by atoms with E-state index in [0.717, 1.165) is 0 Å². The molecule has 0 aromatic heterocycles. The summed E-state index contributed by atoms with van der Waals surface area (Å²) in [4.78, 5) is 25.4. The third kappa shape index (κ3) is 2.89. The lowest BCUT2D eigenvalue weighted by molar-refractivity contribution is -0.128. The zero-order chi connectivity index (χ0) is 14.0. The van der Waals surface area contributed by atoms with Gasteiger partial charge in [-0.1, -0.05) is 0 Å². The van der Waals surface area contributed by atoms with Crippen LogP contribution in [0, 0.1) is 0 Å². The Balaban J connectivity index is 2.08. The Morgan fingerprint density at radius 1 is 1.53 bits per heavy atom. The van der Waals surface area contributed by atoms with E-state index in [4.69, 9.17) is 4.74 Å². The maximum atomic E-state index is 12.1. The quantitative estimate of drug-likeness (QED) is 0.913. The third-order valence-corrected chi connectivity index (χ3v) is 3.77. The number of carbonyl (C=O) groups is 2. The van der Waals surface area contributed by atoms with E-state index >= 15 is 0 Å². The highest BCUT2D eigenvalue weighted by molar-refractivity contribution is 9.10. The SMILES string of the molecule is COc1ccc(C(=O)NC2CCN(C)C2=O)cc1Br. The first kappa shape index (κ1) is 13.9. The molecule has 5 nitrogen and oxygen atoms in total. The summed E-state index contributed by atoms with van der Waals surface area (Å²) < 4.78 is 5.81. The number of nitrogens with one attached hydrogen (secondary N) is 1. The molecule has 1 saturated heterocycles. The number of nitrogens with zero attached hydrogens (tertiary/aromatic N) is 1. The Bertz CT molecular complexity index is 519. The van der Waals surface area contributed by atoms with Crippen LogP contribution < -0.4 is 10.1 Å². The molecular weight excluding hydrogens is 312 g/mol. The molecule has 1 fully saturated rings. The molecule has 1 aliphatic heterocycles. The van der Waals surface area contributed by atoms with Crippen LogP contribution in [-0.4, -0.2) is 43.5 Å². The minimum absolute atomic E-state index is 0.0408. The smallest absolute Gasteiger partial charge is 0.251 e. The first-order valence-electron chi connectivity index (χ1n) is 5.92. The van der Waals surface area contributed by atoms with Crippen LogP contribution in [-0.2, 0) is 4.79 Å². The van der Waals surface area contributed by atoms with Crippen molar-refractivity contribution in [2.24, 2.45) is 0 Å². The van der Waals surface area contributed by atoms with Gasteiger partial charge in [-0.25, -0.2) is 0 Å². The molecule has 6 heteroatoms. The van der Waals surface area contributed by atoms with Gasteiger partial charge in [-0.2, -0.15) is 0 Å². The van der Waals surface area contributed by atoms with Gasteiger partial charge in [-0.3, -0.25) is 9.59 Å². The maximum absolute atomic E-state index is 12.1. The minimum Gasteiger partial charge on any atom is -0.496 e. The summed E-state index contributed by atoms with van der Waals surface area (Å²) in [7, 11) is 3.30. The number of rotatable bonds is 3. The van der Waals surface area contributed by atoms with Crippen molar-refractivity contribution in [2.75, 3.05) is 20.7 Å². The number of amides is 2. The van der Waals surface area contributed by atoms with E-state index < -0.39 is 6.04 Å². The van der Waals surface area contributed by atoms with Gasteiger partial charge in [0.15, 0.2) is 0 Å². The minimum atomic E-state index is -0.418. The lowest BCUT2D eigenvalue weighted by Crippen LogP contribution is -2.40. The van der Waals surface area contributed by atoms with Gasteiger partial charge in [0.25, 0.3) is 5.91 Å². The standard InChI is InChI=1S/C13H15BrN2O3/c1-16-6-5-10(13(16)18)15-12(17)8-3-4-11(19-2)9(14)7-8/h3-4,7,10H,5-6H2,1-2H3,(H,15,17). The van der Waals surface area contributed by atoms with E-state index in [1.165, 1.54) is 0 Å². The lowest BCUT2D eigenvalue weighted by Gasteiger charge is -2.13. The van der Waals surface area contributed by atoms with Crippen molar-refractivity contribution >= 4 is 27.7 Å². The largest absolute Gasteiger partial charge is 0.496 e. The van der Waals surface area contributed by atoms with Crippen LogP contribution in [0.4, 0.5) is 0 Å². The number of likely N-dealkylation sites (tertiary alicyclic amines) is 1. The average molecular weight is 327 g/mol. The molecule has 1 aromatic carbocycles. The van der Waals surface area contributed by atoms with Crippen molar-refractivity contribution in [3.63, 3.8) is 0 Å². The Hall–Kier alpha value is -1.56. The van der Waals surface area contributed by atoms with Crippen molar-refractivity contribution in [2.45, 2.75) is 12.5 Å². The van der Waals surface area contributed by atoms with Crippen molar-refractivity contribution in [3.05, 3.63) is 28.2 Å². The van der Waals surface area contributed by atoms with E-state index in [1.54, 1.807) is 37.3 Å². The molecule has 0 saturated carbocycles. The Morgan fingerprint density at radius 3 is 2.79 bits per heavy atom. The van der Waals surface area contributed by atoms with E-state index in [9.17, 15) is 9.59 Å². The summed E-state index contributed by atoms with van der Waals surface area (Å²) in [5.74, 6) is 0.367. The number of benzene rings is 1. The van der Waals surface area contributed by atoms with Gasteiger partial charge in [0.2, 0.25) is 5.91 Å². The first-order chi connectivity index (χ1) is 9.02. The molecule has 2 rings (SSSR count). The Labute approximate surface area is 120 Å². The fraction of sp³-hybridized carbons (Fsp3) is 0.385. The molecule has 0 aliphatic carbocycles. The van der Waals surface area contributed by atoms with E-state index in [0.29, 0.717) is 28.8 Å². The normalized spacial score (nSPS) is 18.6. The van der Waals surface area contributed by atoms with Gasteiger partial charge in [0.05, 0.1) is 11.6 Å². The fourth-order valence-electron chi connectivity index (χ4n) is 2.01. The average Bonchev–Trinajstić information content (AvgIpc) is 2.70. The number of likely N-dealkylation sites (N-methyl/N-ethyl adjacent to an activating group) is 1. The number of methoxy groups -OCH3 is 1. The lowest BCUT2D eigenvalue weighted by atomic mass is 10.1. The molecule has 1 atom stereocenters. The number of hydrogen-bond acceptors (Lipinski definition) is 3. The molecule has 19 heavy (non-hydrogen) atoms. The molecule has 0 radical (unpaired) electrons. The van der Waals surface area contributed by atoms with Gasteiger partial charge in [-0.05, 0) is 40.5 Å². The molecule has 2 amide bonds. The molecule has 102 valence electrons. The van der Waals surface area contributed by atoms with Crippen LogP contribution in [0.25, 0.3) is 0 Å². The summed E-state index contributed by atoms with van der Waals surface area (Å²) in [6, 6.07) is 4.64. The Kier molecular flexibility index (Phi) is 4.09. The highest BCUT2D eigenvalue weighted by atomic mass is 79.9. The Morgan fingerprint density at radius 2 is 2.26 bits per heavy atom. The number of halogens is 1. The second-order valence-electron chi connectivity index (χ2n) is 4.42. The molecule has 0 bridgehead atoms. The summed E-state index contributed by atoms with van der Waals surface area (Å²) >= 11 is 3.33. The molecule has 1 N–H and O–H groups in total. The van der Waals surface area contributed by atoms with Crippen molar-refractivity contribution in [1.29, 1.82) is 0 Å². The first-order valence-corrected chi connectivity index (χ1v) is 6.71. The molecular formula is C13H15BrN2O3. The van der Waals surface area contributed by atoms with E-state index in [2.05, 4.69) is 21.2 Å². The van der Waals surface area contributed by atoms with Gasteiger partial charge in [0.1, 0.15) is 11.8 Å². The topological polar surface area (TPSA) is 58.6 Å². The number of hydrogen-bond donors (Lipinski definition) is 1. The van der Waals surface area contributed by atoms with Crippen LogP contribution in [0.3, 0.4) is 0 Å². The summed E-state index contributed by atoms with van der Waals surface area (Å²) in [5.41, 5.74) is 0.495. The molecule has 1 unspecified atom stereocenters. The van der Waals surface area contributed by atoms with Crippen LogP contribution in [0.5, 0.6) is 5.75 Å². The van der Waals surface area contributed by atoms with Crippen LogP contribution in [0.1, 0.15) is 16.8 Å². The highest BCUT2D eigenvalue weighted by Gasteiger charge is 2.30. The molecule has 1 heterocycles. The van der Waals surface area contributed by atoms with Crippen LogP contribution in [0.2, 0.25) is 0 Å². The predicted octanol–water partition coefficient (Wildman–Crippen LogP) is 1.42. The second-order valence-corrected chi connectivity index (χ2v) is 5.28. The van der Waals surface area contributed by atoms with Gasteiger partial charge < -0.3 is 15.0 Å². The predicted molar refractivity (Wildman–Crippen MR) is 74.2 cm³/mol. The molecule has 1 aromatic rings. The van der Waals surface area contributed by atoms with Crippen molar-refractivity contribution in [1.82, 2.24) is 10.2 Å². The zero-order valence-electron chi connectivity index (χ0n) is 10.8. The molecule has 0 spiro atoms. The third-order valence-electron chi connectivity index (χ3n) is 3.15. The highest BCUT2D eigenvalue weighted by Crippen LogP contribution is 2.25. The van der Waals surface area contributed by atoms with Gasteiger partial charge in [-0.15, -0.1) is 0 Å². The van der Waals surface area contributed by atoms with Crippen molar-refractivity contribution in [3.8, 4) is 5.75 Å². The number of carbonyl (C=O) groups excluding carboxylic acids is 2. The number of ether oxygens (including phenoxy) is 1. The summed E-state index contributed by atoms with van der Waals surface area (Å²) in [6.07, 6.45) is 0.651. The second kappa shape index (κ2) is 5.61. The fourth-order valence-corrected chi connectivity index (χ4v) is 2.55. The van der Waals surface area contributed by atoms with Crippen molar-refractivity contribution < 1.29 is 14.3 Å². The van der Waals surface area contributed by atoms with Crippen LogP contribution >= 0.6 is 15.9 Å². The van der Waals surface area contributed by atoms with E-state index in [1.807, 2.05) is 0 Å². The van der Waals surface area contributed by atoms with E-state index in [-0.39, 0.29) is 11.8 Å². The summed E-state index contributed by atoms with van der Waals surface area (Å²) in [5, 5.41) is 2.75. The monoisotopic (exact) mass is 326 g/mol. The summed E-state index contributed by atoms with van der Waals surface area (Å²) in [6.45, 7) is 0.677. The van der Waals surface area contributed by atoms with Gasteiger partial charge >= 0.3 is 0 Å².